The summed E-state index contributed by atoms with van der Waals surface area (Å²) in [4.78, 5) is 14.1. The van der Waals surface area contributed by atoms with Crippen LogP contribution in [0.25, 0.3) is 0 Å². The van der Waals surface area contributed by atoms with Gasteiger partial charge in [-0.3, -0.25) is 4.79 Å². The van der Waals surface area contributed by atoms with E-state index in [1.54, 1.807) is 11.2 Å². The molecule has 4 nitrogen and oxygen atoms in total. The number of rotatable bonds is 2. The lowest BCUT2D eigenvalue weighted by Crippen LogP contribution is -2.45. The largest absolute Gasteiger partial charge is 0.449 e. The summed E-state index contributed by atoms with van der Waals surface area (Å²) in [5.74, 6) is 0.880. The summed E-state index contributed by atoms with van der Waals surface area (Å²) >= 11 is 0. The molecule has 1 aromatic rings. The van der Waals surface area contributed by atoms with Crippen LogP contribution >= 0.6 is 0 Å². The number of piperazine rings is 1. The normalized spacial score (nSPS) is 17.5. The molecule has 0 N–H and O–H groups in total. The highest BCUT2D eigenvalue weighted by molar-refractivity contribution is 5.49. The van der Waals surface area contributed by atoms with Gasteiger partial charge in [-0.15, -0.1) is 0 Å². The molecule has 4 heteroatoms. The molecule has 0 saturated carbocycles. The SMILES string of the molecule is O=[C]N1CCN(c2ccco2)CC1. The van der Waals surface area contributed by atoms with Gasteiger partial charge in [0, 0.05) is 32.2 Å². The van der Waals surface area contributed by atoms with Crippen LogP contribution in [-0.4, -0.2) is 37.5 Å². The second kappa shape index (κ2) is 3.51. The lowest BCUT2D eigenvalue weighted by Gasteiger charge is -2.31. The van der Waals surface area contributed by atoms with Crippen molar-refractivity contribution in [2.45, 2.75) is 0 Å². The Bertz CT molecular complexity index is 263. The van der Waals surface area contributed by atoms with Gasteiger partial charge in [-0.2, -0.15) is 0 Å². The monoisotopic (exact) mass is 179 g/mol. The summed E-state index contributed by atoms with van der Waals surface area (Å²) in [5.41, 5.74) is 0. The predicted molar refractivity (Wildman–Crippen MR) is 48.2 cm³/mol. The molecular formula is C9H11N2O2. The topological polar surface area (TPSA) is 36.7 Å². The van der Waals surface area contributed by atoms with E-state index in [4.69, 9.17) is 4.42 Å². The molecule has 0 atom stereocenters. The van der Waals surface area contributed by atoms with Crippen molar-refractivity contribution in [1.82, 2.24) is 4.90 Å². The molecule has 69 valence electrons. The Hall–Kier alpha value is -1.45. The van der Waals surface area contributed by atoms with E-state index in [0.29, 0.717) is 0 Å². The summed E-state index contributed by atoms with van der Waals surface area (Å²) in [6.45, 7) is 3.10. The number of anilines is 1. The standard InChI is InChI=1S/C9H11N2O2/c12-8-10-3-5-11(6-4-10)9-2-1-7-13-9/h1-2,7H,3-6H2. The average Bonchev–Trinajstić information content (AvgIpc) is 2.71. The van der Waals surface area contributed by atoms with Crippen LogP contribution in [0.5, 0.6) is 0 Å². The van der Waals surface area contributed by atoms with Crippen molar-refractivity contribution in [3.05, 3.63) is 18.4 Å². The zero-order valence-corrected chi connectivity index (χ0v) is 7.27. The number of carbonyl (C=O) groups excluding carboxylic acids is 1. The minimum Gasteiger partial charge on any atom is -0.449 e. The molecule has 0 aliphatic carbocycles. The van der Waals surface area contributed by atoms with Gasteiger partial charge in [-0.1, -0.05) is 0 Å². The molecule has 1 aliphatic rings. The van der Waals surface area contributed by atoms with E-state index >= 15 is 0 Å². The van der Waals surface area contributed by atoms with Gasteiger partial charge in [0.1, 0.15) is 0 Å². The zero-order valence-electron chi connectivity index (χ0n) is 7.27. The Morgan fingerprint density at radius 1 is 1.31 bits per heavy atom. The minimum atomic E-state index is 0.726. The van der Waals surface area contributed by atoms with Crippen LogP contribution in [0.15, 0.2) is 22.8 Å². The molecule has 1 radical (unpaired) electrons. The molecule has 1 amide bonds. The molecule has 0 unspecified atom stereocenters. The van der Waals surface area contributed by atoms with Crippen LogP contribution in [-0.2, 0) is 4.79 Å². The maximum atomic E-state index is 10.3. The van der Waals surface area contributed by atoms with Crippen molar-refractivity contribution >= 4 is 12.3 Å². The van der Waals surface area contributed by atoms with Crippen molar-refractivity contribution in [3.63, 3.8) is 0 Å². The number of furan rings is 1. The molecule has 1 saturated heterocycles. The summed E-state index contributed by atoms with van der Waals surface area (Å²) in [6.07, 6.45) is 3.56. The van der Waals surface area contributed by atoms with Crippen molar-refractivity contribution < 1.29 is 9.21 Å². The molecule has 0 aromatic carbocycles. The first-order valence-electron chi connectivity index (χ1n) is 4.31. The smallest absolute Gasteiger partial charge is 0.312 e. The van der Waals surface area contributed by atoms with Crippen LogP contribution in [0.4, 0.5) is 5.88 Å². The van der Waals surface area contributed by atoms with Crippen LogP contribution < -0.4 is 4.90 Å². The lowest BCUT2D eigenvalue weighted by molar-refractivity contribution is 0.348. The lowest BCUT2D eigenvalue weighted by atomic mass is 10.3. The van der Waals surface area contributed by atoms with Crippen LogP contribution in [0, 0.1) is 0 Å². The number of hydrogen-bond donors (Lipinski definition) is 0. The van der Waals surface area contributed by atoms with Crippen molar-refractivity contribution in [2.75, 3.05) is 31.1 Å². The maximum absolute atomic E-state index is 10.3. The predicted octanol–water partition coefficient (Wildman–Crippen LogP) is 0.469. The van der Waals surface area contributed by atoms with Crippen LogP contribution in [0.2, 0.25) is 0 Å². The molecular weight excluding hydrogens is 168 g/mol. The Balaban J connectivity index is 1.95. The van der Waals surface area contributed by atoms with Gasteiger partial charge >= 0.3 is 6.41 Å². The Kier molecular flexibility index (Phi) is 2.21. The van der Waals surface area contributed by atoms with Gasteiger partial charge in [-0.05, 0) is 6.07 Å². The van der Waals surface area contributed by atoms with E-state index in [-0.39, 0.29) is 0 Å². The fourth-order valence-electron chi connectivity index (χ4n) is 1.47. The van der Waals surface area contributed by atoms with Gasteiger partial charge in [-0.25, -0.2) is 0 Å². The maximum Gasteiger partial charge on any atom is 0.312 e. The molecule has 1 fully saturated rings. The van der Waals surface area contributed by atoms with Crippen LogP contribution in [0.3, 0.4) is 0 Å². The van der Waals surface area contributed by atoms with Crippen LogP contribution in [0.1, 0.15) is 0 Å². The highest BCUT2D eigenvalue weighted by Crippen LogP contribution is 2.15. The fraction of sp³-hybridized carbons (Fsp3) is 0.444. The molecule has 2 rings (SSSR count). The fourth-order valence-corrected chi connectivity index (χ4v) is 1.47. The summed E-state index contributed by atoms with van der Waals surface area (Å²) in [7, 11) is 0. The summed E-state index contributed by atoms with van der Waals surface area (Å²) < 4.78 is 5.25. The van der Waals surface area contributed by atoms with Crippen molar-refractivity contribution in [1.29, 1.82) is 0 Å². The quantitative estimate of drug-likeness (QED) is 0.662. The number of nitrogens with zero attached hydrogens (tertiary/aromatic N) is 2. The molecule has 1 aliphatic heterocycles. The minimum absolute atomic E-state index is 0.726. The highest BCUT2D eigenvalue weighted by atomic mass is 16.3. The first-order chi connectivity index (χ1) is 6.40. The van der Waals surface area contributed by atoms with E-state index in [1.165, 1.54) is 0 Å². The highest BCUT2D eigenvalue weighted by Gasteiger charge is 2.17. The summed E-state index contributed by atoms with van der Waals surface area (Å²) in [6, 6.07) is 3.80. The third kappa shape index (κ3) is 1.66. The van der Waals surface area contributed by atoms with E-state index < -0.39 is 0 Å². The average molecular weight is 179 g/mol. The Labute approximate surface area is 76.7 Å². The Morgan fingerprint density at radius 2 is 2.08 bits per heavy atom. The third-order valence-electron chi connectivity index (χ3n) is 2.23. The third-order valence-corrected chi connectivity index (χ3v) is 2.23. The van der Waals surface area contributed by atoms with E-state index in [1.807, 2.05) is 18.5 Å². The van der Waals surface area contributed by atoms with Crippen molar-refractivity contribution in [2.24, 2.45) is 0 Å². The number of hydrogen-bond acceptors (Lipinski definition) is 3. The zero-order chi connectivity index (χ0) is 9.10. The first kappa shape index (κ1) is 8.16. The van der Waals surface area contributed by atoms with Gasteiger partial charge in [0.15, 0.2) is 5.88 Å². The van der Waals surface area contributed by atoms with Crippen molar-refractivity contribution in [3.8, 4) is 0 Å². The first-order valence-corrected chi connectivity index (χ1v) is 4.31. The number of amides is 1. The summed E-state index contributed by atoms with van der Waals surface area (Å²) in [5, 5.41) is 0. The van der Waals surface area contributed by atoms with Gasteiger partial charge in [0.2, 0.25) is 0 Å². The second-order valence-corrected chi connectivity index (χ2v) is 3.02. The van der Waals surface area contributed by atoms with E-state index in [9.17, 15) is 4.79 Å². The van der Waals surface area contributed by atoms with E-state index in [0.717, 1.165) is 32.1 Å². The molecule has 2 heterocycles. The van der Waals surface area contributed by atoms with Gasteiger partial charge < -0.3 is 14.2 Å². The molecule has 1 aromatic heterocycles. The Morgan fingerprint density at radius 3 is 2.62 bits per heavy atom. The molecule has 0 spiro atoms. The second-order valence-electron chi connectivity index (χ2n) is 3.02. The van der Waals surface area contributed by atoms with Gasteiger partial charge in [0.25, 0.3) is 0 Å². The molecule has 0 bridgehead atoms. The molecule has 13 heavy (non-hydrogen) atoms. The van der Waals surface area contributed by atoms with Gasteiger partial charge in [0.05, 0.1) is 6.26 Å². The van der Waals surface area contributed by atoms with E-state index in [2.05, 4.69) is 4.90 Å².